The Kier molecular flexibility index (Phi) is 4.51. The first kappa shape index (κ1) is 14.5. The van der Waals surface area contributed by atoms with Gasteiger partial charge in [0.1, 0.15) is 11.4 Å². The molecule has 1 atom stereocenters. The van der Waals surface area contributed by atoms with E-state index in [1.807, 2.05) is 6.07 Å². The summed E-state index contributed by atoms with van der Waals surface area (Å²) in [5.41, 5.74) is 8.59. The zero-order valence-electron chi connectivity index (χ0n) is 12.8. The van der Waals surface area contributed by atoms with Crippen molar-refractivity contribution in [1.29, 1.82) is 0 Å². The first-order chi connectivity index (χ1) is 10.3. The van der Waals surface area contributed by atoms with E-state index in [4.69, 9.17) is 15.2 Å². The second-order valence-electron chi connectivity index (χ2n) is 5.78. The van der Waals surface area contributed by atoms with E-state index in [9.17, 15) is 0 Å². The maximum atomic E-state index is 6.16. The summed E-state index contributed by atoms with van der Waals surface area (Å²) in [4.78, 5) is 4.78. The smallest absolute Gasteiger partial charge is 0.144 e. The van der Waals surface area contributed by atoms with Crippen molar-refractivity contribution in [1.82, 2.24) is 0 Å². The van der Waals surface area contributed by atoms with Crippen LogP contribution in [0.3, 0.4) is 0 Å². The van der Waals surface area contributed by atoms with Crippen molar-refractivity contribution in [2.24, 2.45) is 5.73 Å². The van der Waals surface area contributed by atoms with Crippen LogP contribution in [0.5, 0.6) is 5.75 Å². The van der Waals surface area contributed by atoms with Crippen LogP contribution in [0.25, 0.3) is 0 Å². The van der Waals surface area contributed by atoms with Crippen LogP contribution in [0.2, 0.25) is 0 Å². The first-order valence-electron chi connectivity index (χ1n) is 7.80. The van der Waals surface area contributed by atoms with Crippen LogP contribution >= 0.6 is 0 Å². The molecule has 1 aromatic carbocycles. The number of piperidine rings is 1. The Morgan fingerprint density at radius 1 is 1.19 bits per heavy atom. The summed E-state index contributed by atoms with van der Waals surface area (Å²) in [7, 11) is 1.74. The monoisotopic (exact) mass is 291 g/mol. The van der Waals surface area contributed by atoms with Crippen LogP contribution < -0.4 is 20.3 Å². The van der Waals surface area contributed by atoms with Crippen LogP contribution in [-0.4, -0.2) is 52.5 Å². The minimum absolute atomic E-state index is 0.266. The van der Waals surface area contributed by atoms with Crippen LogP contribution in [0.1, 0.15) is 12.8 Å². The first-order valence-corrected chi connectivity index (χ1v) is 7.80. The van der Waals surface area contributed by atoms with Crippen LogP contribution in [0.4, 0.5) is 11.4 Å². The molecular weight excluding hydrogens is 266 g/mol. The molecule has 2 saturated heterocycles. The van der Waals surface area contributed by atoms with Crippen molar-refractivity contribution in [2.45, 2.75) is 18.9 Å². The second kappa shape index (κ2) is 6.54. The van der Waals surface area contributed by atoms with E-state index in [-0.39, 0.29) is 6.04 Å². The van der Waals surface area contributed by atoms with E-state index in [0.29, 0.717) is 0 Å². The molecule has 2 fully saturated rings. The molecule has 5 heteroatoms. The number of methoxy groups -OCH3 is 1. The third-order valence-corrected chi connectivity index (χ3v) is 4.32. The molecule has 3 rings (SSSR count). The number of anilines is 2. The molecule has 0 bridgehead atoms. The lowest BCUT2D eigenvalue weighted by atomic mass is 10.0. The molecular formula is C16H25N3O2. The Morgan fingerprint density at radius 3 is 2.71 bits per heavy atom. The molecule has 0 radical (unpaired) electrons. The van der Waals surface area contributed by atoms with Gasteiger partial charge in [-0.3, -0.25) is 0 Å². The minimum atomic E-state index is 0.266. The SMILES string of the molecule is COc1cccc(N2CCC[C@@H](N)C2)c1N1CCOCC1. The van der Waals surface area contributed by atoms with E-state index in [1.54, 1.807) is 7.11 Å². The molecule has 2 aliphatic heterocycles. The van der Waals surface area contributed by atoms with Gasteiger partial charge in [0.05, 0.1) is 26.0 Å². The lowest BCUT2D eigenvalue weighted by Gasteiger charge is -2.38. The third kappa shape index (κ3) is 3.09. The van der Waals surface area contributed by atoms with Gasteiger partial charge in [-0.05, 0) is 25.0 Å². The number of ether oxygens (including phenoxy) is 2. The average Bonchev–Trinajstić information content (AvgIpc) is 2.55. The molecule has 5 nitrogen and oxygen atoms in total. The molecule has 21 heavy (non-hydrogen) atoms. The van der Waals surface area contributed by atoms with Crippen molar-refractivity contribution in [3.05, 3.63) is 18.2 Å². The van der Waals surface area contributed by atoms with Gasteiger partial charge < -0.3 is 25.0 Å². The zero-order valence-corrected chi connectivity index (χ0v) is 12.8. The summed E-state index contributed by atoms with van der Waals surface area (Å²) < 4.78 is 11.1. The molecule has 116 valence electrons. The largest absolute Gasteiger partial charge is 0.495 e. The number of morpholine rings is 1. The van der Waals surface area contributed by atoms with Gasteiger partial charge >= 0.3 is 0 Å². The van der Waals surface area contributed by atoms with Crippen molar-refractivity contribution >= 4 is 11.4 Å². The number of rotatable bonds is 3. The van der Waals surface area contributed by atoms with Gasteiger partial charge in [0.25, 0.3) is 0 Å². The molecule has 0 saturated carbocycles. The molecule has 0 unspecified atom stereocenters. The predicted molar refractivity (Wildman–Crippen MR) is 85.4 cm³/mol. The number of benzene rings is 1. The Hall–Kier alpha value is -1.46. The predicted octanol–water partition coefficient (Wildman–Crippen LogP) is 1.46. The number of hydrogen-bond donors (Lipinski definition) is 1. The van der Waals surface area contributed by atoms with Crippen molar-refractivity contribution in [2.75, 3.05) is 56.3 Å². The van der Waals surface area contributed by atoms with Gasteiger partial charge in [0.15, 0.2) is 0 Å². The number of nitrogens with zero attached hydrogens (tertiary/aromatic N) is 2. The maximum Gasteiger partial charge on any atom is 0.144 e. The normalized spacial score (nSPS) is 23.2. The van der Waals surface area contributed by atoms with E-state index in [0.717, 1.165) is 58.0 Å². The average molecular weight is 291 g/mol. The number of nitrogens with two attached hydrogens (primary N) is 1. The summed E-state index contributed by atoms with van der Waals surface area (Å²) in [6, 6.07) is 6.56. The molecule has 1 aromatic rings. The molecule has 2 N–H and O–H groups in total. The van der Waals surface area contributed by atoms with Gasteiger partial charge in [0, 0.05) is 32.2 Å². The highest BCUT2D eigenvalue weighted by atomic mass is 16.5. The number of para-hydroxylation sites is 1. The lowest BCUT2D eigenvalue weighted by molar-refractivity contribution is 0.122. The maximum absolute atomic E-state index is 6.16. The van der Waals surface area contributed by atoms with E-state index in [2.05, 4.69) is 21.9 Å². The molecule has 0 aliphatic carbocycles. The zero-order chi connectivity index (χ0) is 14.7. The highest BCUT2D eigenvalue weighted by Gasteiger charge is 2.25. The highest BCUT2D eigenvalue weighted by Crippen LogP contribution is 2.39. The van der Waals surface area contributed by atoms with Crippen LogP contribution in [-0.2, 0) is 4.74 Å². The van der Waals surface area contributed by atoms with Crippen molar-refractivity contribution in [3.63, 3.8) is 0 Å². The summed E-state index contributed by atoms with van der Waals surface area (Å²) in [6.45, 7) is 5.36. The quantitative estimate of drug-likeness (QED) is 0.914. The topological polar surface area (TPSA) is 51.0 Å². The molecule has 0 spiro atoms. The minimum Gasteiger partial charge on any atom is -0.495 e. The van der Waals surface area contributed by atoms with Gasteiger partial charge in [-0.1, -0.05) is 6.07 Å². The molecule has 0 amide bonds. The van der Waals surface area contributed by atoms with Gasteiger partial charge in [-0.25, -0.2) is 0 Å². The Balaban J connectivity index is 1.94. The summed E-state index contributed by atoms with van der Waals surface area (Å²) >= 11 is 0. The second-order valence-corrected chi connectivity index (χ2v) is 5.78. The van der Waals surface area contributed by atoms with Gasteiger partial charge in [-0.15, -0.1) is 0 Å². The summed E-state index contributed by atoms with van der Waals surface area (Å²) in [6.07, 6.45) is 2.27. The van der Waals surface area contributed by atoms with Crippen LogP contribution in [0.15, 0.2) is 18.2 Å². The Labute approximate surface area is 126 Å². The van der Waals surface area contributed by atoms with Crippen LogP contribution in [0, 0.1) is 0 Å². The van der Waals surface area contributed by atoms with Crippen molar-refractivity contribution in [3.8, 4) is 5.75 Å². The highest BCUT2D eigenvalue weighted by molar-refractivity contribution is 5.78. The molecule has 0 aromatic heterocycles. The lowest BCUT2D eigenvalue weighted by Crippen LogP contribution is -2.44. The Morgan fingerprint density at radius 2 is 2.00 bits per heavy atom. The number of hydrogen-bond acceptors (Lipinski definition) is 5. The van der Waals surface area contributed by atoms with Gasteiger partial charge in [0.2, 0.25) is 0 Å². The Bertz CT molecular complexity index is 475. The summed E-state index contributed by atoms with van der Waals surface area (Å²) in [5, 5.41) is 0. The standard InChI is InChI=1S/C16H25N3O2/c1-20-15-6-2-5-14(19-7-3-4-13(17)12-19)16(15)18-8-10-21-11-9-18/h2,5-6,13H,3-4,7-12,17H2,1H3/t13-/m1/s1. The van der Waals surface area contributed by atoms with E-state index < -0.39 is 0 Å². The fourth-order valence-corrected chi connectivity index (χ4v) is 3.26. The third-order valence-electron chi connectivity index (χ3n) is 4.32. The fourth-order valence-electron chi connectivity index (χ4n) is 3.26. The fraction of sp³-hybridized carbons (Fsp3) is 0.625. The molecule has 2 heterocycles. The van der Waals surface area contributed by atoms with Gasteiger partial charge in [-0.2, -0.15) is 0 Å². The van der Waals surface area contributed by atoms with E-state index >= 15 is 0 Å². The summed E-state index contributed by atoms with van der Waals surface area (Å²) in [5.74, 6) is 0.938. The molecule has 2 aliphatic rings. The van der Waals surface area contributed by atoms with E-state index in [1.165, 1.54) is 11.4 Å². The van der Waals surface area contributed by atoms with Crippen molar-refractivity contribution < 1.29 is 9.47 Å².